The third-order valence-corrected chi connectivity index (χ3v) is 2.88. The minimum Gasteiger partial charge on any atom is -0.349 e. The number of urea groups is 1. The molecule has 0 aliphatic rings. The molecule has 3 N–H and O–H groups in total. The molecule has 0 saturated carbocycles. The molecule has 0 radical (unpaired) electrons. The Bertz CT molecular complexity index is 469. The molecule has 0 aliphatic carbocycles. The number of unbranched alkanes of at least 4 members (excludes halogenated alkanes) is 2. The number of anilines is 1. The summed E-state index contributed by atoms with van der Waals surface area (Å²) in [5.41, 5.74) is 1.20. The van der Waals surface area contributed by atoms with Gasteiger partial charge in [-0.3, -0.25) is 4.79 Å². The largest absolute Gasteiger partial charge is 0.349 e. The molecule has 0 unspecified atom stereocenters. The van der Waals surface area contributed by atoms with E-state index in [9.17, 15) is 9.59 Å². The van der Waals surface area contributed by atoms with Crippen LogP contribution in [0.25, 0.3) is 0 Å². The van der Waals surface area contributed by atoms with Crippen LogP contribution in [0, 0.1) is 0 Å². The SMILES string of the molecule is C=CCNC(=O)c1ccc(NC(=O)NCCCCC)cc1. The Balaban J connectivity index is 2.41. The van der Waals surface area contributed by atoms with Gasteiger partial charge in [-0.1, -0.05) is 25.8 Å². The van der Waals surface area contributed by atoms with Crippen LogP contribution in [0.1, 0.15) is 36.5 Å². The van der Waals surface area contributed by atoms with Crippen molar-refractivity contribution in [3.05, 3.63) is 42.5 Å². The van der Waals surface area contributed by atoms with Crippen LogP contribution < -0.4 is 16.0 Å². The van der Waals surface area contributed by atoms with E-state index in [-0.39, 0.29) is 11.9 Å². The van der Waals surface area contributed by atoms with Crippen molar-refractivity contribution in [2.24, 2.45) is 0 Å². The molecule has 5 heteroatoms. The Kier molecular flexibility index (Phi) is 7.64. The van der Waals surface area contributed by atoms with Gasteiger partial charge in [0.05, 0.1) is 0 Å². The zero-order valence-corrected chi connectivity index (χ0v) is 12.4. The van der Waals surface area contributed by atoms with Crippen LogP contribution in [0.4, 0.5) is 10.5 Å². The number of hydrogen-bond donors (Lipinski definition) is 3. The third kappa shape index (κ3) is 6.61. The van der Waals surface area contributed by atoms with Gasteiger partial charge in [-0.2, -0.15) is 0 Å². The molecule has 1 aromatic carbocycles. The van der Waals surface area contributed by atoms with E-state index in [1.54, 1.807) is 30.3 Å². The van der Waals surface area contributed by atoms with E-state index in [2.05, 4.69) is 29.5 Å². The quantitative estimate of drug-likeness (QED) is 0.508. The van der Waals surface area contributed by atoms with Gasteiger partial charge in [-0.25, -0.2) is 4.79 Å². The number of rotatable bonds is 8. The van der Waals surface area contributed by atoms with Crippen molar-refractivity contribution in [1.29, 1.82) is 0 Å². The number of carbonyl (C=O) groups is 2. The normalized spacial score (nSPS) is 9.76. The van der Waals surface area contributed by atoms with Crippen LogP contribution in [0.5, 0.6) is 0 Å². The van der Waals surface area contributed by atoms with Gasteiger partial charge >= 0.3 is 6.03 Å². The molecule has 0 heterocycles. The molecule has 114 valence electrons. The van der Waals surface area contributed by atoms with Gasteiger partial charge in [0, 0.05) is 24.3 Å². The maximum atomic E-state index is 11.7. The molecule has 0 fully saturated rings. The summed E-state index contributed by atoms with van der Waals surface area (Å²) in [6, 6.07) is 6.52. The van der Waals surface area contributed by atoms with Crippen molar-refractivity contribution in [3.63, 3.8) is 0 Å². The first-order valence-electron chi connectivity index (χ1n) is 7.21. The highest BCUT2D eigenvalue weighted by atomic mass is 16.2. The Morgan fingerprint density at radius 2 is 1.86 bits per heavy atom. The van der Waals surface area contributed by atoms with Crippen molar-refractivity contribution in [2.45, 2.75) is 26.2 Å². The maximum Gasteiger partial charge on any atom is 0.319 e. The monoisotopic (exact) mass is 289 g/mol. The first-order chi connectivity index (χ1) is 10.2. The standard InChI is InChI=1S/C16H23N3O2/c1-3-5-6-12-18-16(21)19-14-9-7-13(8-10-14)15(20)17-11-4-2/h4,7-10H,2-3,5-6,11-12H2,1H3,(H,17,20)(H2,18,19,21). The number of hydrogen-bond acceptors (Lipinski definition) is 2. The van der Waals surface area contributed by atoms with Crippen molar-refractivity contribution in [3.8, 4) is 0 Å². The lowest BCUT2D eigenvalue weighted by Gasteiger charge is -2.08. The average Bonchev–Trinajstić information content (AvgIpc) is 2.50. The minimum atomic E-state index is -0.227. The van der Waals surface area contributed by atoms with Gasteiger partial charge < -0.3 is 16.0 Å². The molecule has 0 spiro atoms. The predicted octanol–water partition coefficient (Wildman–Crippen LogP) is 2.91. The highest BCUT2D eigenvalue weighted by molar-refractivity contribution is 5.95. The van der Waals surface area contributed by atoms with Crippen LogP contribution in [-0.4, -0.2) is 25.0 Å². The van der Waals surface area contributed by atoms with Crippen LogP contribution in [0.2, 0.25) is 0 Å². The molecular formula is C16H23N3O2. The fourth-order valence-electron chi connectivity index (χ4n) is 1.72. The van der Waals surface area contributed by atoms with Crippen molar-refractivity contribution >= 4 is 17.6 Å². The van der Waals surface area contributed by atoms with Crippen LogP contribution in [-0.2, 0) is 0 Å². The van der Waals surface area contributed by atoms with E-state index in [1.807, 2.05) is 0 Å². The first-order valence-corrected chi connectivity index (χ1v) is 7.21. The molecule has 1 rings (SSSR count). The number of nitrogens with one attached hydrogen (secondary N) is 3. The summed E-state index contributed by atoms with van der Waals surface area (Å²) in [4.78, 5) is 23.3. The third-order valence-electron chi connectivity index (χ3n) is 2.88. The second-order valence-corrected chi connectivity index (χ2v) is 4.66. The lowest BCUT2D eigenvalue weighted by atomic mass is 10.2. The Labute approximate surface area is 125 Å². The summed E-state index contributed by atoms with van der Waals surface area (Å²) in [6.07, 6.45) is 4.83. The highest BCUT2D eigenvalue weighted by Gasteiger charge is 2.05. The van der Waals surface area contributed by atoms with Gasteiger partial charge in [0.1, 0.15) is 0 Å². The van der Waals surface area contributed by atoms with Gasteiger partial charge in [-0.05, 0) is 30.7 Å². The summed E-state index contributed by atoms with van der Waals surface area (Å²) in [5, 5.41) is 8.21. The Morgan fingerprint density at radius 1 is 1.14 bits per heavy atom. The molecule has 5 nitrogen and oxygen atoms in total. The zero-order valence-electron chi connectivity index (χ0n) is 12.4. The van der Waals surface area contributed by atoms with Crippen LogP contribution in [0.3, 0.4) is 0 Å². The van der Waals surface area contributed by atoms with E-state index < -0.39 is 0 Å². The number of carbonyl (C=O) groups excluding carboxylic acids is 2. The van der Waals surface area contributed by atoms with Gasteiger partial charge in [0.25, 0.3) is 5.91 Å². The second kappa shape index (κ2) is 9.58. The van der Waals surface area contributed by atoms with E-state index in [0.717, 1.165) is 19.3 Å². The second-order valence-electron chi connectivity index (χ2n) is 4.66. The molecule has 0 saturated heterocycles. The van der Waals surface area contributed by atoms with Crippen molar-refractivity contribution in [2.75, 3.05) is 18.4 Å². The van der Waals surface area contributed by atoms with E-state index >= 15 is 0 Å². The first kappa shape index (κ1) is 16.8. The zero-order chi connectivity index (χ0) is 15.5. The molecule has 0 aromatic heterocycles. The van der Waals surface area contributed by atoms with Crippen molar-refractivity contribution < 1.29 is 9.59 Å². The molecule has 0 atom stereocenters. The molecular weight excluding hydrogens is 266 g/mol. The van der Waals surface area contributed by atoms with E-state index in [0.29, 0.717) is 24.3 Å². The molecule has 1 aromatic rings. The summed E-state index contributed by atoms with van der Waals surface area (Å²) in [7, 11) is 0. The average molecular weight is 289 g/mol. The summed E-state index contributed by atoms with van der Waals surface area (Å²) >= 11 is 0. The smallest absolute Gasteiger partial charge is 0.319 e. The fraction of sp³-hybridized carbons (Fsp3) is 0.375. The summed E-state index contributed by atoms with van der Waals surface area (Å²) in [6.45, 7) is 6.76. The van der Waals surface area contributed by atoms with Gasteiger partial charge in [0.15, 0.2) is 0 Å². The molecule has 21 heavy (non-hydrogen) atoms. The lowest BCUT2D eigenvalue weighted by molar-refractivity contribution is 0.0958. The molecule has 0 bridgehead atoms. The van der Waals surface area contributed by atoms with Crippen LogP contribution in [0.15, 0.2) is 36.9 Å². The molecule has 0 aliphatic heterocycles. The van der Waals surface area contributed by atoms with Crippen LogP contribution >= 0.6 is 0 Å². The van der Waals surface area contributed by atoms with Crippen molar-refractivity contribution in [1.82, 2.24) is 10.6 Å². The summed E-state index contributed by atoms with van der Waals surface area (Å²) in [5.74, 6) is -0.162. The number of benzene rings is 1. The lowest BCUT2D eigenvalue weighted by Crippen LogP contribution is -2.29. The van der Waals surface area contributed by atoms with Gasteiger partial charge in [0.2, 0.25) is 0 Å². The van der Waals surface area contributed by atoms with Gasteiger partial charge in [-0.15, -0.1) is 6.58 Å². The maximum absolute atomic E-state index is 11.7. The Hall–Kier alpha value is -2.30. The predicted molar refractivity (Wildman–Crippen MR) is 85.5 cm³/mol. The molecule has 3 amide bonds. The van der Waals surface area contributed by atoms with E-state index in [4.69, 9.17) is 0 Å². The topological polar surface area (TPSA) is 70.2 Å². The highest BCUT2D eigenvalue weighted by Crippen LogP contribution is 2.09. The van der Waals surface area contributed by atoms with E-state index in [1.165, 1.54) is 0 Å². The fourth-order valence-corrected chi connectivity index (χ4v) is 1.72. The number of amides is 3. The minimum absolute atomic E-state index is 0.162. The Morgan fingerprint density at radius 3 is 2.48 bits per heavy atom. The summed E-state index contributed by atoms with van der Waals surface area (Å²) < 4.78 is 0.